The van der Waals surface area contributed by atoms with Crippen molar-refractivity contribution in [3.05, 3.63) is 70.5 Å². The summed E-state index contributed by atoms with van der Waals surface area (Å²) >= 11 is 0. The first kappa shape index (κ1) is 28.3. The standard InChI is InChI=1S/C24H22F7NO5S/c1-12(14-7-15(23(26,27)28)9-16(8-14)24(29,30)31)36-20-11-32-18(10-19(22(32)33)37-38(2,34)35)21(20)13-3-5-17(25)6-4-13/h3-9,12,18-21H,10-11H2,1-2H3/t12-,18?,19?,20?,21?/m1/s1. The summed E-state index contributed by atoms with van der Waals surface area (Å²) in [7, 11) is -3.97. The molecule has 4 rings (SSSR count). The number of halogens is 7. The minimum absolute atomic E-state index is 0.0177. The Morgan fingerprint density at radius 1 is 0.974 bits per heavy atom. The third kappa shape index (κ3) is 5.96. The third-order valence-corrected chi connectivity index (χ3v) is 7.19. The second kappa shape index (κ2) is 9.79. The molecule has 0 spiro atoms. The molecule has 0 aromatic heterocycles. The summed E-state index contributed by atoms with van der Waals surface area (Å²) in [4.78, 5) is 14.2. The van der Waals surface area contributed by atoms with Crippen LogP contribution in [0.15, 0.2) is 42.5 Å². The van der Waals surface area contributed by atoms with Crippen LogP contribution in [0.4, 0.5) is 30.7 Å². The molecule has 0 saturated carbocycles. The van der Waals surface area contributed by atoms with Crippen molar-refractivity contribution >= 4 is 16.0 Å². The van der Waals surface area contributed by atoms with Crippen LogP contribution in [-0.4, -0.2) is 50.3 Å². The maximum absolute atomic E-state index is 13.6. The Hall–Kier alpha value is -2.71. The average Bonchev–Trinajstić information content (AvgIpc) is 3.27. The van der Waals surface area contributed by atoms with E-state index in [1.807, 2.05) is 0 Å². The van der Waals surface area contributed by atoms with E-state index in [0.717, 1.165) is 18.4 Å². The van der Waals surface area contributed by atoms with Crippen LogP contribution in [0.1, 0.15) is 47.6 Å². The van der Waals surface area contributed by atoms with E-state index in [2.05, 4.69) is 0 Å². The third-order valence-electron chi connectivity index (χ3n) is 6.61. The molecule has 6 nitrogen and oxygen atoms in total. The van der Waals surface area contributed by atoms with Gasteiger partial charge in [-0.1, -0.05) is 12.1 Å². The fraction of sp³-hybridized carbons (Fsp3) is 0.458. The van der Waals surface area contributed by atoms with Gasteiger partial charge in [0.1, 0.15) is 5.82 Å². The van der Waals surface area contributed by atoms with Gasteiger partial charge >= 0.3 is 12.4 Å². The zero-order valence-corrected chi connectivity index (χ0v) is 20.7. The first-order chi connectivity index (χ1) is 17.4. The van der Waals surface area contributed by atoms with E-state index >= 15 is 0 Å². The summed E-state index contributed by atoms with van der Waals surface area (Å²) in [5.74, 6) is -1.90. The van der Waals surface area contributed by atoms with Gasteiger partial charge in [-0.2, -0.15) is 34.8 Å². The molecular weight excluding hydrogens is 547 g/mol. The Morgan fingerprint density at radius 2 is 1.53 bits per heavy atom. The van der Waals surface area contributed by atoms with Crippen LogP contribution in [0.25, 0.3) is 0 Å². The van der Waals surface area contributed by atoms with Gasteiger partial charge in [0.15, 0.2) is 6.10 Å². The van der Waals surface area contributed by atoms with Gasteiger partial charge in [-0.25, -0.2) is 4.39 Å². The van der Waals surface area contributed by atoms with Gasteiger partial charge < -0.3 is 9.64 Å². The number of rotatable bonds is 6. The first-order valence-corrected chi connectivity index (χ1v) is 13.1. The second-order valence-corrected chi connectivity index (χ2v) is 10.9. The van der Waals surface area contributed by atoms with Gasteiger partial charge in [0.25, 0.3) is 16.0 Å². The Bertz CT molecular complexity index is 1280. The molecule has 14 heteroatoms. The number of hydrogen-bond donors (Lipinski definition) is 0. The van der Waals surface area contributed by atoms with Crippen molar-refractivity contribution < 1.29 is 52.9 Å². The van der Waals surface area contributed by atoms with E-state index in [9.17, 15) is 43.9 Å². The smallest absolute Gasteiger partial charge is 0.368 e. The minimum atomic E-state index is -5.04. The topological polar surface area (TPSA) is 72.9 Å². The van der Waals surface area contributed by atoms with E-state index in [1.54, 1.807) is 0 Å². The molecule has 2 aliphatic rings. The van der Waals surface area contributed by atoms with Crippen molar-refractivity contribution in [1.82, 2.24) is 4.90 Å². The molecule has 1 amide bonds. The highest BCUT2D eigenvalue weighted by Crippen LogP contribution is 2.45. The van der Waals surface area contributed by atoms with Crippen molar-refractivity contribution in [3.8, 4) is 0 Å². The number of carbonyl (C=O) groups excluding carboxylic acids is 1. The van der Waals surface area contributed by atoms with E-state index < -0.39 is 75.6 Å². The van der Waals surface area contributed by atoms with Gasteiger partial charge in [-0.3, -0.25) is 8.98 Å². The second-order valence-electron chi connectivity index (χ2n) is 9.32. The maximum Gasteiger partial charge on any atom is 0.416 e. The summed E-state index contributed by atoms with van der Waals surface area (Å²) < 4.78 is 128. The summed E-state index contributed by atoms with van der Waals surface area (Å²) in [5.41, 5.74) is -2.86. The lowest BCUT2D eigenvalue weighted by Gasteiger charge is -2.27. The van der Waals surface area contributed by atoms with E-state index in [1.165, 1.54) is 24.0 Å². The summed E-state index contributed by atoms with van der Waals surface area (Å²) in [6.07, 6.45) is -12.8. The van der Waals surface area contributed by atoms with E-state index in [-0.39, 0.29) is 24.6 Å². The Balaban J connectivity index is 1.67. The number of hydrogen-bond acceptors (Lipinski definition) is 5. The quantitative estimate of drug-likeness (QED) is 0.360. The van der Waals surface area contributed by atoms with Gasteiger partial charge in [-0.15, -0.1) is 0 Å². The van der Waals surface area contributed by atoms with Crippen LogP contribution in [0.2, 0.25) is 0 Å². The molecule has 4 unspecified atom stereocenters. The molecule has 208 valence electrons. The lowest BCUT2D eigenvalue weighted by atomic mass is 9.88. The van der Waals surface area contributed by atoms with Crippen LogP contribution >= 0.6 is 0 Å². The Morgan fingerprint density at radius 3 is 2.03 bits per heavy atom. The molecule has 2 aliphatic heterocycles. The van der Waals surface area contributed by atoms with E-state index in [0.29, 0.717) is 17.7 Å². The molecule has 38 heavy (non-hydrogen) atoms. The summed E-state index contributed by atoms with van der Waals surface area (Å²) in [5, 5.41) is 0. The van der Waals surface area contributed by atoms with Crippen molar-refractivity contribution in [1.29, 1.82) is 0 Å². The van der Waals surface area contributed by atoms with E-state index in [4.69, 9.17) is 8.92 Å². The van der Waals surface area contributed by atoms with Crippen LogP contribution in [0.5, 0.6) is 0 Å². The van der Waals surface area contributed by atoms with Gasteiger partial charge in [0, 0.05) is 24.9 Å². The largest absolute Gasteiger partial charge is 0.416 e. The van der Waals surface area contributed by atoms with Crippen molar-refractivity contribution in [2.45, 2.75) is 56.0 Å². The molecule has 2 fully saturated rings. The zero-order chi connectivity index (χ0) is 28.2. The predicted molar refractivity (Wildman–Crippen MR) is 119 cm³/mol. The lowest BCUT2D eigenvalue weighted by Crippen LogP contribution is -2.34. The summed E-state index contributed by atoms with van der Waals surface area (Å²) in [6.45, 7) is 1.16. The SMILES string of the molecule is C[C@@H](OC1CN2C(=O)C(OS(C)(=O)=O)CC2C1c1ccc(F)cc1)c1cc(C(F)(F)F)cc(C(F)(F)F)c1. The number of alkyl halides is 6. The lowest BCUT2D eigenvalue weighted by molar-refractivity contribution is -0.143. The highest BCUT2D eigenvalue weighted by molar-refractivity contribution is 7.86. The van der Waals surface area contributed by atoms with Crippen LogP contribution in [-0.2, 0) is 36.2 Å². The predicted octanol–water partition coefficient (Wildman–Crippen LogP) is 5.05. The normalized spacial score (nSPS) is 25.1. The monoisotopic (exact) mass is 569 g/mol. The Kier molecular flexibility index (Phi) is 7.29. The van der Waals surface area contributed by atoms with Gasteiger partial charge in [0.2, 0.25) is 0 Å². The summed E-state index contributed by atoms with van der Waals surface area (Å²) in [6, 6.07) is 5.66. The molecule has 2 aromatic carbocycles. The number of benzene rings is 2. The molecule has 2 aromatic rings. The van der Waals surface area contributed by atoms with Gasteiger partial charge in [0.05, 0.1) is 29.6 Å². The number of fused-ring (bicyclic) bond motifs is 1. The minimum Gasteiger partial charge on any atom is -0.368 e. The molecule has 2 heterocycles. The fourth-order valence-corrected chi connectivity index (χ4v) is 5.60. The highest BCUT2D eigenvalue weighted by atomic mass is 32.2. The molecule has 0 N–H and O–H groups in total. The number of amides is 1. The Labute approximate surface area is 213 Å². The van der Waals surface area contributed by atoms with Crippen LogP contribution in [0.3, 0.4) is 0 Å². The molecule has 0 aliphatic carbocycles. The van der Waals surface area contributed by atoms with Crippen molar-refractivity contribution in [3.63, 3.8) is 0 Å². The number of carbonyl (C=O) groups is 1. The molecule has 0 bridgehead atoms. The zero-order valence-electron chi connectivity index (χ0n) is 19.9. The number of ether oxygens (including phenoxy) is 1. The highest BCUT2D eigenvalue weighted by Gasteiger charge is 2.54. The van der Waals surface area contributed by atoms with Crippen molar-refractivity contribution in [2.24, 2.45) is 0 Å². The van der Waals surface area contributed by atoms with Gasteiger partial charge in [-0.05, 0) is 48.4 Å². The molecule has 5 atom stereocenters. The maximum atomic E-state index is 13.6. The number of nitrogens with zero attached hydrogens (tertiary/aromatic N) is 1. The fourth-order valence-electron chi connectivity index (χ4n) is 5.01. The first-order valence-electron chi connectivity index (χ1n) is 11.3. The average molecular weight is 569 g/mol. The molecular formula is C24H22F7NO5S. The van der Waals surface area contributed by atoms with Crippen LogP contribution < -0.4 is 0 Å². The van der Waals surface area contributed by atoms with Crippen molar-refractivity contribution in [2.75, 3.05) is 12.8 Å². The molecule has 0 radical (unpaired) electrons. The molecule has 2 saturated heterocycles. The van der Waals surface area contributed by atoms with Crippen LogP contribution in [0, 0.1) is 5.82 Å².